The van der Waals surface area contributed by atoms with Crippen LogP contribution < -0.4 is 14.8 Å². The molecule has 8 nitrogen and oxygen atoms in total. The molecule has 2 amide bonds. The Morgan fingerprint density at radius 2 is 2.21 bits per heavy atom. The lowest BCUT2D eigenvalue weighted by atomic mass is 9.95. The molecule has 9 heteroatoms. The fourth-order valence-corrected chi connectivity index (χ4v) is 4.32. The van der Waals surface area contributed by atoms with E-state index < -0.39 is 0 Å². The number of nitrogens with one attached hydrogen (secondary N) is 1. The molecule has 2 aliphatic rings. The van der Waals surface area contributed by atoms with E-state index >= 15 is 0 Å². The van der Waals surface area contributed by atoms with E-state index in [0.717, 1.165) is 24.9 Å². The van der Waals surface area contributed by atoms with Crippen molar-refractivity contribution in [3.8, 4) is 22.9 Å². The lowest BCUT2D eigenvalue weighted by Crippen LogP contribution is -2.42. The van der Waals surface area contributed by atoms with Gasteiger partial charge in [0.05, 0.1) is 0 Å². The number of nitrogens with zero attached hydrogens (tertiary/aromatic N) is 3. The molecule has 1 atom stereocenters. The highest BCUT2D eigenvalue weighted by Gasteiger charge is 2.26. The minimum Gasteiger partial charge on any atom is -0.454 e. The van der Waals surface area contributed by atoms with Crippen LogP contribution >= 0.6 is 11.3 Å². The van der Waals surface area contributed by atoms with E-state index in [4.69, 9.17) is 14.0 Å². The monoisotopic (exact) mass is 412 g/mol. The molecule has 2 aromatic heterocycles. The van der Waals surface area contributed by atoms with Crippen LogP contribution in [0, 0.1) is 5.92 Å². The van der Waals surface area contributed by atoms with Gasteiger partial charge < -0.3 is 24.2 Å². The third-order valence-electron chi connectivity index (χ3n) is 5.14. The minimum atomic E-state index is -0.113. The summed E-state index contributed by atoms with van der Waals surface area (Å²) in [4.78, 5) is 19.1. The summed E-state index contributed by atoms with van der Waals surface area (Å²) < 4.78 is 16.1. The molecule has 3 aromatic rings. The Hall–Kier alpha value is -3.07. The molecule has 0 aliphatic carbocycles. The predicted octanol–water partition coefficient (Wildman–Crippen LogP) is 4.01. The van der Waals surface area contributed by atoms with Crippen LogP contribution in [-0.4, -0.2) is 41.0 Å². The van der Waals surface area contributed by atoms with Gasteiger partial charge in [-0.15, -0.1) is 0 Å². The number of fused-ring (bicyclic) bond motifs is 1. The zero-order valence-corrected chi connectivity index (χ0v) is 16.5. The summed E-state index contributed by atoms with van der Waals surface area (Å²) in [6, 6.07) is 7.27. The molecule has 1 fully saturated rings. The Kier molecular flexibility index (Phi) is 4.81. The van der Waals surface area contributed by atoms with Crippen LogP contribution in [0.3, 0.4) is 0 Å². The van der Waals surface area contributed by atoms with Crippen LogP contribution in [0.15, 0.2) is 39.5 Å². The van der Waals surface area contributed by atoms with Gasteiger partial charge in [0.1, 0.15) is 0 Å². The van der Waals surface area contributed by atoms with Crippen LogP contribution in [0.5, 0.6) is 11.5 Å². The lowest BCUT2D eigenvalue weighted by molar-refractivity contribution is 0.173. The molecule has 1 aromatic carbocycles. The number of benzene rings is 1. The van der Waals surface area contributed by atoms with E-state index in [9.17, 15) is 4.79 Å². The van der Waals surface area contributed by atoms with E-state index in [-0.39, 0.29) is 12.8 Å². The molecule has 4 heterocycles. The highest BCUT2D eigenvalue weighted by atomic mass is 32.1. The van der Waals surface area contributed by atoms with Crippen molar-refractivity contribution in [1.29, 1.82) is 0 Å². The van der Waals surface area contributed by atoms with Crippen molar-refractivity contribution in [2.24, 2.45) is 5.92 Å². The number of carbonyl (C=O) groups is 1. The summed E-state index contributed by atoms with van der Waals surface area (Å²) in [5.74, 6) is 2.88. The van der Waals surface area contributed by atoms with E-state index in [0.29, 0.717) is 47.8 Å². The molecule has 1 N–H and O–H groups in total. The molecule has 1 unspecified atom stereocenters. The number of piperidine rings is 1. The first kappa shape index (κ1) is 18.0. The zero-order chi connectivity index (χ0) is 19.6. The normalized spacial score (nSPS) is 18.1. The second-order valence-corrected chi connectivity index (χ2v) is 7.96. The van der Waals surface area contributed by atoms with Crippen LogP contribution in [0.4, 0.5) is 10.5 Å². The van der Waals surface area contributed by atoms with Gasteiger partial charge in [-0.2, -0.15) is 16.3 Å². The third kappa shape index (κ3) is 3.91. The first-order valence-electron chi connectivity index (χ1n) is 9.55. The van der Waals surface area contributed by atoms with Gasteiger partial charge in [0.25, 0.3) is 0 Å². The first-order chi connectivity index (χ1) is 14.2. The van der Waals surface area contributed by atoms with Gasteiger partial charge in [-0.05, 0) is 42.3 Å². The molecule has 0 spiro atoms. The molecule has 1 saturated heterocycles. The average Bonchev–Trinajstić information content (AvgIpc) is 3.49. The summed E-state index contributed by atoms with van der Waals surface area (Å²) in [5.41, 5.74) is 1.66. The Morgan fingerprint density at radius 1 is 1.28 bits per heavy atom. The maximum absolute atomic E-state index is 12.7. The summed E-state index contributed by atoms with van der Waals surface area (Å²) in [6.07, 6.45) is 2.65. The number of rotatable bonds is 4. The van der Waals surface area contributed by atoms with Gasteiger partial charge in [-0.1, -0.05) is 5.16 Å². The van der Waals surface area contributed by atoms with Gasteiger partial charge in [0.15, 0.2) is 11.5 Å². The van der Waals surface area contributed by atoms with Crippen molar-refractivity contribution in [1.82, 2.24) is 15.0 Å². The van der Waals surface area contributed by atoms with Crippen molar-refractivity contribution < 1.29 is 18.8 Å². The van der Waals surface area contributed by atoms with Crippen molar-refractivity contribution >= 4 is 23.1 Å². The van der Waals surface area contributed by atoms with Crippen molar-refractivity contribution in [3.05, 3.63) is 40.9 Å². The zero-order valence-electron chi connectivity index (χ0n) is 15.7. The number of hydrogen-bond donors (Lipinski definition) is 1. The second-order valence-electron chi connectivity index (χ2n) is 7.18. The number of hydrogen-bond acceptors (Lipinski definition) is 7. The van der Waals surface area contributed by atoms with Gasteiger partial charge >= 0.3 is 6.03 Å². The molecular weight excluding hydrogens is 392 g/mol. The van der Waals surface area contributed by atoms with Gasteiger partial charge in [0.2, 0.25) is 18.5 Å². The minimum absolute atomic E-state index is 0.113. The molecule has 0 bridgehead atoms. The molecule has 150 valence electrons. The summed E-state index contributed by atoms with van der Waals surface area (Å²) in [6.45, 7) is 1.60. The van der Waals surface area contributed by atoms with E-state index in [1.54, 1.807) is 23.5 Å². The molecule has 0 saturated carbocycles. The van der Waals surface area contributed by atoms with Crippen LogP contribution in [0.1, 0.15) is 18.7 Å². The number of carbonyl (C=O) groups excluding carboxylic acids is 1. The van der Waals surface area contributed by atoms with Gasteiger partial charge in [0, 0.05) is 42.2 Å². The Labute approximate surface area is 171 Å². The van der Waals surface area contributed by atoms with Crippen molar-refractivity contribution in [3.63, 3.8) is 0 Å². The standard InChI is InChI=1S/C20H20N4O4S/c25-20(21-15-3-4-16-17(9-15)27-12-26-16)24-6-1-2-13(10-24)8-18-22-19(23-28-18)14-5-7-29-11-14/h3-5,7,9,11,13H,1-2,6,8,10,12H2,(H,21,25). The molecule has 0 radical (unpaired) electrons. The Balaban J connectivity index is 1.20. The Bertz CT molecular complexity index is 1000. The topological polar surface area (TPSA) is 89.7 Å². The van der Waals surface area contributed by atoms with E-state index in [1.165, 1.54) is 0 Å². The second kappa shape index (κ2) is 7.75. The number of amides is 2. The van der Waals surface area contributed by atoms with Crippen molar-refractivity contribution in [2.75, 3.05) is 25.2 Å². The van der Waals surface area contributed by atoms with Gasteiger partial charge in [-0.3, -0.25) is 0 Å². The first-order valence-corrected chi connectivity index (χ1v) is 10.5. The number of anilines is 1. The van der Waals surface area contributed by atoms with Crippen LogP contribution in [0.2, 0.25) is 0 Å². The number of urea groups is 1. The highest BCUT2D eigenvalue weighted by molar-refractivity contribution is 7.08. The predicted molar refractivity (Wildman–Crippen MR) is 107 cm³/mol. The maximum atomic E-state index is 12.7. The third-order valence-corrected chi connectivity index (χ3v) is 5.82. The van der Waals surface area contributed by atoms with E-state index in [2.05, 4.69) is 15.5 Å². The number of aromatic nitrogens is 2. The molecular formula is C20H20N4O4S. The number of thiophene rings is 1. The average molecular weight is 412 g/mol. The largest absolute Gasteiger partial charge is 0.454 e. The highest BCUT2D eigenvalue weighted by Crippen LogP contribution is 2.34. The quantitative estimate of drug-likeness (QED) is 0.696. The SMILES string of the molecule is O=C(Nc1ccc2c(c1)OCO2)N1CCCC(Cc2nc(-c3ccsc3)no2)C1. The molecule has 29 heavy (non-hydrogen) atoms. The fraction of sp³-hybridized carbons (Fsp3) is 0.350. The number of likely N-dealkylation sites (tertiary alicyclic amines) is 1. The summed E-state index contributed by atoms with van der Waals surface area (Å²) >= 11 is 1.60. The van der Waals surface area contributed by atoms with Crippen LogP contribution in [-0.2, 0) is 6.42 Å². The fourth-order valence-electron chi connectivity index (χ4n) is 3.69. The molecule has 2 aliphatic heterocycles. The van der Waals surface area contributed by atoms with Crippen LogP contribution in [0.25, 0.3) is 11.4 Å². The Morgan fingerprint density at radius 3 is 3.10 bits per heavy atom. The summed E-state index contributed by atoms with van der Waals surface area (Å²) in [5, 5.41) is 11.0. The van der Waals surface area contributed by atoms with E-state index in [1.807, 2.05) is 27.8 Å². The smallest absolute Gasteiger partial charge is 0.321 e. The molecule has 5 rings (SSSR count). The summed E-state index contributed by atoms with van der Waals surface area (Å²) in [7, 11) is 0. The lowest BCUT2D eigenvalue weighted by Gasteiger charge is -2.32. The van der Waals surface area contributed by atoms with Crippen molar-refractivity contribution in [2.45, 2.75) is 19.3 Å². The number of ether oxygens (including phenoxy) is 2. The van der Waals surface area contributed by atoms with Gasteiger partial charge in [-0.25, -0.2) is 4.79 Å². The maximum Gasteiger partial charge on any atom is 0.321 e.